The minimum absolute atomic E-state index is 0.292. The molecule has 38 heavy (non-hydrogen) atoms. The molecule has 0 bridgehead atoms. The van der Waals surface area contributed by atoms with E-state index in [1.165, 1.54) is 32.1 Å². The summed E-state index contributed by atoms with van der Waals surface area (Å²) in [6.07, 6.45) is 4.89. The lowest BCUT2D eigenvalue weighted by Gasteiger charge is -2.27. The van der Waals surface area contributed by atoms with Crippen LogP contribution >= 0.6 is 0 Å². The largest absolute Gasteiger partial charge is 0.374 e. The molecule has 5 heteroatoms. The van der Waals surface area contributed by atoms with Gasteiger partial charge in [-0.1, -0.05) is 110 Å². The van der Waals surface area contributed by atoms with E-state index in [9.17, 15) is 0 Å². The van der Waals surface area contributed by atoms with E-state index in [2.05, 4.69) is 36.4 Å². The van der Waals surface area contributed by atoms with Gasteiger partial charge in [-0.3, -0.25) is 0 Å². The highest BCUT2D eigenvalue weighted by Crippen LogP contribution is 2.32. The second kappa shape index (κ2) is 14.6. The lowest BCUT2D eigenvalue weighted by molar-refractivity contribution is -0.191. The van der Waals surface area contributed by atoms with Gasteiger partial charge >= 0.3 is 0 Å². The first-order valence-corrected chi connectivity index (χ1v) is 14.0. The predicted octanol–water partition coefficient (Wildman–Crippen LogP) is 6.70. The van der Waals surface area contributed by atoms with Gasteiger partial charge in [-0.05, 0) is 35.4 Å². The van der Waals surface area contributed by atoms with Crippen molar-refractivity contribution in [3.05, 3.63) is 108 Å². The Morgan fingerprint density at radius 2 is 1.08 bits per heavy atom. The molecule has 1 saturated heterocycles. The summed E-state index contributed by atoms with van der Waals surface area (Å²) in [5.41, 5.74) is 3.36. The monoisotopic (exact) mass is 516 g/mol. The molecule has 4 atom stereocenters. The Balaban J connectivity index is 1.28. The van der Waals surface area contributed by atoms with Gasteiger partial charge in [-0.15, -0.1) is 0 Å². The fraction of sp³-hybridized carbons (Fsp3) is 0.455. The molecule has 0 spiro atoms. The Hall–Kier alpha value is -2.54. The van der Waals surface area contributed by atoms with Crippen molar-refractivity contribution in [1.29, 1.82) is 0 Å². The zero-order valence-corrected chi connectivity index (χ0v) is 22.2. The molecule has 1 saturated carbocycles. The van der Waals surface area contributed by atoms with Crippen molar-refractivity contribution in [1.82, 2.24) is 0 Å². The average molecular weight is 517 g/mol. The Bertz CT molecular complexity index is 1040. The minimum atomic E-state index is -0.494. The molecule has 5 nitrogen and oxygen atoms in total. The van der Waals surface area contributed by atoms with Crippen LogP contribution in [0.4, 0.5) is 0 Å². The molecule has 0 radical (unpaired) electrons. The van der Waals surface area contributed by atoms with Gasteiger partial charge in [0.1, 0.15) is 18.3 Å². The highest BCUT2D eigenvalue weighted by Gasteiger charge is 2.47. The first kappa shape index (κ1) is 27.0. The van der Waals surface area contributed by atoms with Crippen molar-refractivity contribution in [2.45, 2.75) is 76.5 Å². The van der Waals surface area contributed by atoms with Gasteiger partial charge in [-0.25, -0.2) is 0 Å². The Morgan fingerprint density at radius 1 is 0.553 bits per heavy atom. The van der Waals surface area contributed by atoms with Crippen LogP contribution in [-0.4, -0.2) is 37.8 Å². The molecule has 0 aromatic heterocycles. The van der Waals surface area contributed by atoms with Crippen LogP contribution in [0.25, 0.3) is 0 Å². The van der Waals surface area contributed by atoms with Crippen molar-refractivity contribution < 1.29 is 23.7 Å². The molecule has 0 N–H and O–H groups in total. The maximum atomic E-state index is 6.52. The molecule has 3 aromatic rings. The van der Waals surface area contributed by atoms with E-state index in [0.29, 0.717) is 39.0 Å². The minimum Gasteiger partial charge on any atom is -0.374 e. The van der Waals surface area contributed by atoms with Crippen LogP contribution in [0.3, 0.4) is 0 Å². The fourth-order valence-electron chi connectivity index (χ4n) is 5.32. The summed E-state index contributed by atoms with van der Waals surface area (Å²) in [6, 6.07) is 30.7. The fourth-order valence-corrected chi connectivity index (χ4v) is 5.32. The zero-order valence-electron chi connectivity index (χ0n) is 22.2. The smallest absolute Gasteiger partial charge is 0.186 e. The van der Waals surface area contributed by atoms with E-state index in [4.69, 9.17) is 23.7 Å². The van der Waals surface area contributed by atoms with E-state index < -0.39 is 6.29 Å². The van der Waals surface area contributed by atoms with Crippen LogP contribution in [0.2, 0.25) is 0 Å². The van der Waals surface area contributed by atoms with Crippen LogP contribution in [0.15, 0.2) is 91.0 Å². The third-order valence-corrected chi connectivity index (χ3v) is 7.45. The first-order valence-electron chi connectivity index (χ1n) is 14.0. The SMILES string of the molecule is c1ccc(COC[C@H]2O[C@H](OCC3CCCCC3)[C@H](OCc3ccccc3)[C@@H]2OCc2ccccc2)cc1. The maximum Gasteiger partial charge on any atom is 0.186 e. The second-order valence-electron chi connectivity index (χ2n) is 10.4. The van der Waals surface area contributed by atoms with Crippen molar-refractivity contribution in [2.75, 3.05) is 13.2 Å². The second-order valence-corrected chi connectivity index (χ2v) is 10.4. The lowest BCUT2D eigenvalue weighted by atomic mass is 9.90. The molecule has 2 aliphatic rings. The van der Waals surface area contributed by atoms with Gasteiger partial charge in [0.2, 0.25) is 0 Å². The topological polar surface area (TPSA) is 46.2 Å². The normalized spacial score (nSPS) is 24.0. The van der Waals surface area contributed by atoms with Gasteiger partial charge in [0.15, 0.2) is 6.29 Å². The first-order chi connectivity index (χ1) is 18.8. The Morgan fingerprint density at radius 3 is 1.66 bits per heavy atom. The summed E-state index contributed by atoms with van der Waals surface area (Å²) < 4.78 is 32.1. The molecule has 1 heterocycles. The van der Waals surface area contributed by atoms with E-state index in [-0.39, 0.29) is 18.3 Å². The number of ether oxygens (including phenoxy) is 5. The van der Waals surface area contributed by atoms with Gasteiger partial charge in [-0.2, -0.15) is 0 Å². The number of hydrogen-bond donors (Lipinski definition) is 0. The van der Waals surface area contributed by atoms with Crippen LogP contribution in [0.5, 0.6) is 0 Å². The third-order valence-electron chi connectivity index (χ3n) is 7.45. The number of rotatable bonds is 13. The molecule has 1 aliphatic heterocycles. The summed E-state index contributed by atoms with van der Waals surface area (Å²) in [6.45, 7) is 2.57. The van der Waals surface area contributed by atoms with Crippen LogP contribution in [0, 0.1) is 5.92 Å². The van der Waals surface area contributed by atoms with Gasteiger partial charge < -0.3 is 23.7 Å². The number of benzene rings is 3. The van der Waals surface area contributed by atoms with E-state index in [1.54, 1.807) is 0 Å². The van der Waals surface area contributed by atoms with Crippen molar-refractivity contribution in [3.63, 3.8) is 0 Å². The Labute approximate surface area is 227 Å². The van der Waals surface area contributed by atoms with Crippen molar-refractivity contribution in [3.8, 4) is 0 Å². The van der Waals surface area contributed by atoms with Crippen LogP contribution in [0.1, 0.15) is 48.8 Å². The average Bonchev–Trinajstić information content (AvgIpc) is 3.32. The van der Waals surface area contributed by atoms with Crippen LogP contribution in [-0.2, 0) is 43.5 Å². The highest BCUT2D eigenvalue weighted by atomic mass is 16.7. The van der Waals surface area contributed by atoms with E-state index in [1.807, 2.05) is 54.6 Å². The molecular formula is C33H40O5. The molecule has 0 amide bonds. The number of hydrogen-bond acceptors (Lipinski definition) is 5. The summed E-state index contributed by atoms with van der Waals surface area (Å²) in [7, 11) is 0. The Kier molecular flexibility index (Phi) is 10.4. The zero-order chi connectivity index (χ0) is 25.8. The lowest BCUT2D eigenvalue weighted by Crippen LogP contribution is -2.40. The highest BCUT2D eigenvalue weighted by molar-refractivity contribution is 5.15. The van der Waals surface area contributed by atoms with Gasteiger partial charge in [0.25, 0.3) is 0 Å². The summed E-state index contributed by atoms with van der Waals surface area (Å²) >= 11 is 0. The van der Waals surface area contributed by atoms with E-state index >= 15 is 0 Å². The molecule has 1 aliphatic carbocycles. The molecule has 3 aromatic carbocycles. The summed E-state index contributed by atoms with van der Waals surface area (Å²) in [4.78, 5) is 0. The predicted molar refractivity (Wildman–Crippen MR) is 147 cm³/mol. The van der Waals surface area contributed by atoms with E-state index in [0.717, 1.165) is 16.7 Å². The summed E-state index contributed by atoms with van der Waals surface area (Å²) in [5, 5.41) is 0. The standard InChI is InChI=1S/C33H40O5/c1-5-13-26(14-6-1)21-34-25-30-31(35-22-27-15-7-2-8-16-27)32(36-23-28-17-9-3-10-18-28)33(38-30)37-24-29-19-11-4-12-20-29/h1-3,5-10,13-18,29-33H,4,11-12,19-25H2/t30-,31-,32-,33+/m1/s1. The quantitative estimate of drug-likeness (QED) is 0.253. The molecular weight excluding hydrogens is 476 g/mol. The van der Waals surface area contributed by atoms with Crippen molar-refractivity contribution >= 4 is 0 Å². The summed E-state index contributed by atoms with van der Waals surface area (Å²) in [5.74, 6) is 0.583. The molecule has 202 valence electrons. The molecule has 0 unspecified atom stereocenters. The van der Waals surface area contributed by atoms with Crippen molar-refractivity contribution in [2.24, 2.45) is 5.92 Å². The van der Waals surface area contributed by atoms with Gasteiger partial charge in [0, 0.05) is 0 Å². The third kappa shape index (κ3) is 7.98. The van der Waals surface area contributed by atoms with Gasteiger partial charge in [0.05, 0.1) is 33.0 Å². The molecule has 2 fully saturated rings. The van der Waals surface area contributed by atoms with Crippen LogP contribution < -0.4 is 0 Å². The maximum absolute atomic E-state index is 6.52. The molecule has 5 rings (SSSR count).